The second-order valence-corrected chi connectivity index (χ2v) is 5.51. The first-order valence-corrected chi connectivity index (χ1v) is 8.36. The van der Waals surface area contributed by atoms with Gasteiger partial charge in [-0.2, -0.15) is 15.8 Å². The Kier molecular flexibility index (Phi) is 9.36. The van der Waals surface area contributed by atoms with Crippen LogP contribution < -0.4 is 0 Å². The quantitative estimate of drug-likeness (QED) is 0.254. The average molecular weight is 377 g/mol. The highest BCUT2D eigenvalue weighted by atomic mass is 16.1. The summed E-state index contributed by atoms with van der Waals surface area (Å²) in [5, 5.41) is 26.8. The molecule has 3 aromatic rings. The van der Waals surface area contributed by atoms with Gasteiger partial charge in [0.15, 0.2) is 0 Å². The van der Waals surface area contributed by atoms with Crippen LogP contribution in [0.4, 0.5) is 0 Å². The molecule has 0 unspecified atom stereocenters. The zero-order valence-corrected chi connectivity index (χ0v) is 14.9. The van der Waals surface area contributed by atoms with Gasteiger partial charge in [-0.15, -0.1) is 0 Å². The molecule has 0 saturated heterocycles. The van der Waals surface area contributed by atoms with Gasteiger partial charge in [-0.3, -0.25) is 4.79 Å². The van der Waals surface area contributed by atoms with Gasteiger partial charge >= 0.3 is 0 Å². The van der Waals surface area contributed by atoms with Crippen molar-refractivity contribution >= 4 is 16.9 Å². The number of hydrogen-bond acceptors (Lipinski definition) is 4. The normalized spacial score (nSPS) is 9.69. The molecule has 0 N–H and O–H groups in total. The van der Waals surface area contributed by atoms with Gasteiger partial charge < -0.3 is 0 Å². The van der Waals surface area contributed by atoms with Crippen LogP contribution in [0, 0.1) is 34.0 Å². The van der Waals surface area contributed by atoms with E-state index in [1.54, 1.807) is 36.4 Å². The Morgan fingerprint density at radius 2 is 0.828 bits per heavy atom. The fourth-order valence-electron chi connectivity index (χ4n) is 2.39. The molecule has 29 heavy (non-hydrogen) atoms. The molecular formula is C25H19N3O. The molecule has 0 radical (unpaired) electrons. The van der Waals surface area contributed by atoms with Crippen molar-refractivity contribution < 1.29 is 4.79 Å². The Morgan fingerprint density at radius 1 is 0.517 bits per heavy atom. The minimum absolute atomic E-state index is 0. The highest BCUT2D eigenvalue weighted by molar-refractivity contribution is 6.07. The van der Waals surface area contributed by atoms with Crippen LogP contribution in [-0.2, 0) is 0 Å². The van der Waals surface area contributed by atoms with Crippen LogP contribution >= 0.6 is 0 Å². The van der Waals surface area contributed by atoms with E-state index in [0.29, 0.717) is 16.7 Å². The summed E-state index contributed by atoms with van der Waals surface area (Å²) in [6.45, 7) is 0. The summed E-state index contributed by atoms with van der Waals surface area (Å²) in [6, 6.07) is 32.8. The van der Waals surface area contributed by atoms with Crippen molar-refractivity contribution in [3.05, 3.63) is 108 Å². The van der Waals surface area contributed by atoms with Crippen LogP contribution in [-0.4, -0.2) is 5.78 Å². The molecule has 0 fully saturated rings. The van der Waals surface area contributed by atoms with Gasteiger partial charge in [-0.05, 0) is 11.1 Å². The van der Waals surface area contributed by atoms with Crippen molar-refractivity contribution in [2.45, 2.75) is 7.43 Å². The van der Waals surface area contributed by atoms with E-state index in [1.807, 2.05) is 60.7 Å². The Bertz CT molecular complexity index is 1020. The summed E-state index contributed by atoms with van der Waals surface area (Å²) in [6.07, 6.45) is 0. The lowest BCUT2D eigenvalue weighted by Crippen LogP contribution is -1.91. The summed E-state index contributed by atoms with van der Waals surface area (Å²) in [7, 11) is 0. The number of hydrogen-bond donors (Lipinski definition) is 0. The van der Waals surface area contributed by atoms with Crippen LogP contribution in [0.25, 0.3) is 11.1 Å². The summed E-state index contributed by atoms with van der Waals surface area (Å²) >= 11 is 0. The number of ketones is 1. The van der Waals surface area contributed by atoms with Crippen LogP contribution in [0.15, 0.2) is 91.0 Å². The molecule has 0 atom stereocenters. The Morgan fingerprint density at radius 3 is 1.10 bits per heavy atom. The molecule has 0 aliphatic rings. The molecular weight excluding hydrogens is 358 g/mol. The fourth-order valence-corrected chi connectivity index (χ4v) is 2.39. The molecule has 140 valence electrons. The van der Waals surface area contributed by atoms with Crippen LogP contribution in [0.3, 0.4) is 0 Å². The van der Waals surface area contributed by atoms with Gasteiger partial charge in [0.25, 0.3) is 5.78 Å². The standard InChI is InChI=1S/C16H10N2.C8H5NO.CH4/c17-11-15(13-7-3-1-4-8-13)16(12-18)14-9-5-2-6-10-14;9-6-8(10)7-4-2-1-3-5-7;/h1-10H;1-5H;1H4. The molecule has 4 heteroatoms. The van der Waals surface area contributed by atoms with E-state index in [1.165, 1.54) is 0 Å². The van der Waals surface area contributed by atoms with Gasteiger partial charge in [-0.25, -0.2) is 0 Å². The van der Waals surface area contributed by atoms with E-state index in [0.717, 1.165) is 11.1 Å². The number of benzene rings is 3. The molecule has 0 aliphatic heterocycles. The zero-order chi connectivity index (χ0) is 20.2. The zero-order valence-electron chi connectivity index (χ0n) is 14.9. The first-order chi connectivity index (χ1) is 13.7. The van der Waals surface area contributed by atoms with E-state index in [9.17, 15) is 15.3 Å². The van der Waals surface area contributed by atoms with Gasteiger partial charge in [-0.1, -0.05) is 98.4 Å². The smallest absolute Gasteiger partial charge is 0.262 e. The molecule has 3 rings (SSSR count). The minimum Gasteiger partial charge on any atom is -0.277 e. The average Bonchev–Trinajstić information content (AvgIpc) is 2.79. The Labute approximate surface area is 171 Å². The largest absolute Gasteiger partial charge is 0.277 e. The number of carbonyl (C=O) groups excluding carboxylic acids is 1. The predicted octanol–water partition coefficient (Wildman–Crippen LogP) is 5.67. The molecule has 0 amide bonds. The summed E-state index contributed by atoms with van der Waals surface area (Å²) in [5.74, 6) is -0.486. The maximum absolute atomic E-state index is 10.7. The van der Waals surface area contributed by atoms with E-state index < -0.39 is 5.78 Å². The van der Waals surface area contributed by atoms with Crippen LogP contribution in [0.1, 0.15) is 28.9 Å². The first kappa shape index (κ1) is 22.6. The maximum atomic E-state index is 10.7. The predicted molar refractivity (Wildman–Crippen MR) is 114 cm³/mol. The summed E-state index contributed by atoms with van der Waals surface area (Å²) < 4.78 is 0. The number of allylic oxidation sites excluding steroid dienone is 2. The molecule has 3 aromatic carbocycles. The number of carbonyl (C=O) groups is 1. The van der Waals surface area contributed by atoms with E-state index >= 15 is 0 Å². The second kappa shape index (κ2) is 12.0. The van der Waals surface area contributed by atoms with Crippen molar-refractivity contribution in [3.63, 3.8) is 0 Å². The fraction of sp³-hybridized carbons (Fsp3) is 0.0400. The third-order valence-corrected chi connectivity index (χ3v) is 3.74. The van der Waals surface area contributed by atoms with Gasteiger partial charge in [0.1, 0.15) is 18.2 Å². The number of Topliss-reactive ketones (excluding diaryl/α,β-unsaturated/α-hetero) is 1. The minimum atomic E-state index is -0.486. The molecule has 0 bridgehead atoms. The van der Waals surface area contributed by atoms with E-state index in [4.69, 9.17) is 5.26 Å². The molecule has 4 nitrogen and oxygen atoms in total. The van der Waals surface area contributed by atoms with Crippen molar-refractivity contribution in [3.8, 4) is 18.2 Å². The van der Waals surface area contributed by atoms with Crippen LogP contribution in [0.2, 0.25) is 0 Å². The highest BCUT2D eigenvalue weighted by Crippen LogP contribution is 2.25. The molecule has 0 saturated carbocycles. The molecule has 0 spiro atoms. The molecule has 0 heterocycles. The topological polar surface area (TPSA) is 88.4 Å². The summed E-state index contributed by atoms with van der Waals surface area (Å²) in [5.41, 5.74) is 2.79. The number of nitriles is 3. The maximum Gasteiger partial charge on any atom is 0.262 e. The van der Waals surface area contributed by atoms with Crippen molar-refractivity contribution in [1.29, 1.82) is 15.8 Å². The number of nitrogens with zero attached hydrogens (tertiary/aromatic N) is 3. The SMILES string of the molecule is C.N#CC(=C(C#N)c1ccccc1)c1ccccc1.N#CC(=O)c1ccccc1. The Balaban J connectivity index is 0.000000327. The lowest BCUT2D eigenvalue weighted by atomic mass is 9.96. The van der Waals surface area contributed by atoms with Gasteiger partial charge in [0.2, 0.25) is 0 Å². The van der Waals surface area contributed by atoms with Crippen molar-refractivity contribution in [2.24, 2.45) is 0 Å². The van der Waals surface area contributed by atoms with Crippen LogP contribution in [0.5, 0.6) is 0 Å². The van der Waals surface area contributed by atoms with E-state index in [2.05, 4.69) is 12.1 Å². The van der Waals surface area contributed by atoms with Crippen molar-refractivity contribution in [1.82, 2.24) is 0 Å². The first-order valence-electron chi connectivity index (χ1n) is 8.36. The monoisotopic (exact) mass is 377 g/mol. The summed E-state index contributed by atoms with van der Waals surface area (Å²) in [4.78, 5) is 10.7. The van der Waals surface area contributed by atoms with E-state index in [-0.39, 0.29) is 7.43 Å². The third kappa shape index (κ3) is 6.33. The molecule has 0 aromatic heterocycles. The third-order valence-electron chi connectivity index (χ3n) is 3.74. The molecule has 0 aliphatic carbocycles. The lowest BCUT2D eigenvalue weighted by Gasteiger charge is -2.03. The second-order valence-electron chi connectivity index (χ2n) is 5.51. The number of rotatable bonds is 3. The van der Waals surface area contributed by atoms with Crippen molar-refractivity contribution in [2.75, 3.05) is 0 Å². The Hall–Kier alpha value is -4.46. The highest BCUT2D eigenvalue weighted by Gasteiger charge is 2.10. The van der Waals surface area contributed by atoms with Gasteiger partial charge in [0, 0.05) is 5.56 Å². The lowest BCUT2D eigenvalue weighted by molar-refractivity contribution is 0.105. The van der Waals surface area contributed by atoms with Gasteiger partial charge in [0.05, 0.1) is 11.1 Å².